The molecular formula is C13H14BrN3O. The van der Waals surface area contributed by atoms with E-state index >= 15 is 0 Å². The lowest BCUT2D eigenvalue weighted by molar-refractivity contribution is 0.347. The largest absolute Gasteiger partial charge is 0.338 e. The second kappa shape index (κ2) is 4.17. The highest BCUT2D eigenvalue weighted by atomic mass is 79.9. The van der Waals surface area contributed by atoms with Crippen molar-refractivity contribution in [2.45, 2.75) is 25.2 Å². The molecule has 0 radical (unpaired) electrons. The van der Waals surface area contributed by atoms with Crippen LogP contribution in [0.15, 0.2) is 27.2 Å². The van der Waals surface area contributed by atoms with Crippen molar-refractivity contribution in [1.82, 2.24) is 10.1 Å². The number of hydrogen-bond acceptors (Lipinski definition) is 4. The van der Waals surface area contributed by atoms with Crippen molar-refractivity contribution in [2.24, 2.45) is 5.73 Å². The minimum absolute atomic E-state index is 0.0532. The Kier molecular flexibility index (Phi) is 2.75. The van der Waals surface area contributed by atoms with Crippen LogP contribution in [0.1, 0.15) is 24.3 Å². The Bertz CT molecular complexity index is 590. The Balaban J connectivity index is 1.98. The van der Waals surface area contributed by atoms with Crippen molar-refractivity contribution in [3.05, 3.63) is 34.1 Å². The highest BCUT2D eigenvalue weighted by Crippen LogP contribution is 2.46. The molecule has 1 saturated carbocycles. The fourth-order valence-electron chi connectivity index (χ4n) is 2.01. The minimum Gasteiger partial charge on any atom is -0.338 e. The molecule has 0 atom stereocenters. The van der Waals surface area contributed by atoms with Gasteiger partial charge in [-0.1, -0.05) is 27.2 Å². The first kappa shape index (κ1) is 11.9. The Morgan fingerprint density at radius 3 is 2.83 bits per heavy atom. The van der Waals surface area contributed by atoms with Crippen LogP contribution >= 0.6 is 15.9 Å². The molecule has 18 heavy (non-hydrogen) atoms. The lowest BCUT2D eigenvalue weighted by Crippen LogP contribution is -2.19. The molecule has 0 aliphatic heterocycles. The van der Waals surface area contributed by atoms with E-state index in [1.165, 1.54) is 5.56 Å². The summed E-state index contributed by atoms with van der Waals surface area (Å²) < 4.78 is 6.34. The van der Waals surface area contributed by atoms with Gasteiger partial charge in [0, 0.05) is 16.6 Å². The van der Waals surface area contributed by atoms with Gasteiger partial charge in [-0.15, -0.1) is 0 Å². The monoisotopic (exact) mass is 307 g/mol. The SMILES string of the molecule is Cc1ccc(-c2noc(C3(CN)CC3)n2)c(Br)c1. The molecule has 2 N–H and O–H groups in total. The predicted molar refractivity (Wildman–Crippen MR) is 72.1 cm³/mol. The number of hydrogen-bond donors (Lipinski definition) is 1. The molecule has 1 aromatic carbocycles. The van der Waals surface area contributed by atoms with Crippen LogP contribution in [-0.2, 0) is 5.41 Å². The molecule has 0 spiro atoms. The van der Waals surface area contributed by atoms with Crippen LogP contribution in [-0.4, -0.2) is 16.7 Å². The molecule has 2 aromatic rings. The third-order valence-corrected chi connectivity index (χ3v) is 4.15. The second-order valence-corrected chi connectivity index (χ2v) is 5.75. The van der Waals surface area contributed by atoms with Crippen molar-refractivity contribution >= 4 is 15.9 Å². The maximum atomic E-state index is 5.76. The van der Waals surface area contributed by atoms with Gasteiger partial charge < -0.3 is 10.3 Å². The molecule has 1 aromatic heterocycles. The standard InChI is InChI=1S/C13H14BrN3O/c1-8-2-3-9(10(14)6-8)11-16-12(18-17-11)13(7-15)4-5-13/h2-3,6H,4-5,7,15H2,1H3. The Labute approximate surface area is 114 Å². The Hall–Kier alpha value is -1.20. The van der Waals surface area contributed by atoms with Gasteiger partial charge in [-0.3, -0.25) is 0 Å². The van der Waals surface area contributed by atoms with E-state index in [2.05, 4.69) is 26.1 Å². The van der Waals surface area contributed by atoms with Crippen molar-refractivity contribution < 1.29 is 4.52 Å². The number of nitrogens with two attached hydrogens (primary N) is 1. The molecular weight excluding hydrogens is 294 g/mol. The van der Waals surface area contributed by atoms with Crippen LogP contribution in [0.4, 0.5) is 0 Å². The summed E-state index contributed by atoms with van der Waals surface area (Å²) in [6.45, 7) is 2.62. The fourth-order valence-corrected chi connectivity index (χ4v) is 2.68. The Morgan fingerprint density at radius 1 is 1.44 bits per heavy atom. The van der Waals surface area contributed by atoms with Gasteiger partial charge in [0.15, 0.2) is 0 Å². The molecule has 1 aliphatic rings. The molecule has 0 amide bonds. The van der Waals surface area contributed by atoms with E-state index in [4.69, 9.17) is 10.3 Å². The lowest BCUT2D eigenvalue weighted by atomic mass is 10.1. The van der Waals surface area contributed by atoms with Gasteiger partial charge in [0.1, 0.15) is 0 Å². The molecule has 4 nitrogen and oxygen atoms in total. The van der Waals surface area contributed by atoms with Gasteiger partial charge in [-0.05, 0) is 37.5 Å². The molecule has 0 bridgehead atoms. The first-order valence-corrected chi connectivity index (χ1v) is 6.75. The highest BCUT2D eigenvalue weighted by Gasteiger charge is 2.48. The molecule has 0 saturated heterocycles. The zero-order valence-electron chi connectivity index (χ0n) is 10.1. The average Bonchev–Trinajstić information content (AvgIpc) is 3.00. The van der Waals surface area contributed by atoms with Crippen LogP contribution < -0.4 is 5.73 Å². The van der Waals surface area contributed by atoms with Gasteiger partial charge in [0.25, 0.3) is 0 Å². The van der Waals surface area contributed by atoms with Crippen LogP contribution in [0, 0.1) is 6.92 Å². The summed E-state index contributed by atoms with van der Waals surface area (Å²) in [6, 6.07) is 6.07. The van der Waals surface area contributed by atoms with Crippen molar-refractivity contribution in [3.63, 3.8) is 0 Å². The fraction of sp³-hybridized carbons (Fsp3) is 0.385. The topological polar surface area (TPSA) is 64.9 Å². The maximum Gasteiger partial charge on any atom is 0.234 e. The van der Waals surface area contributed by atoms with Crippen molar-refractivity contribution in [2.75, 3.05) is 6.54 Å². The van der Waals surface area contributed by atoms with Gasteiger partial charge >= 0.3 is 0 Å². The zero-order chi connectivity index (χ0) is 12.8. The molecule has 1 fully saturated rings. The first-order chi connectivity index (χ1) is 8.64. The third kappa shape index (κ3) is 1.87. The predicted octanol–water partition coefficient (Wildman–Crippen LogP) is 2.80. The van der Waals surface area contributed by atoms with Crippen LogP contribution in [0.5, 0.6) is 0 Å². The lowest BCUT2D eigenvalue weighted by Gasteiger charge is -2.03. The van der Waals surface area contributed by atoms with Gasteiger partial charge in [0.2, 0.25) is 11.7 Å². The number of rotatable bonds is 3. The van der Waals surface area contributed by atoms with E-state index in [9.17, 15) is 0 Å². The molecule has 5 heteroatoms. The van der Waals surface area contributed by atoms with Gasteiger partial charge in [-0.2, -0.15) is 4.98 Å². The Morgan fingerprint density at radius 2 is 2.22 bits per heavy atom. The number of aromatic nitrogens is 2. The highest BCUT2D eigenvalue weighted by molar-refractivity contribution is 9.10. The van der Waals surface area contributed by atoms with Crippen molar-refractivity contribution in [1.29, 1.82) is 0 Å². The molecule has 1 aliphatic carbocycles. The molecule has 0 unspecified atom stereocenters. The number of halogens is 1. The van der Waals surface area contributed by atoms with E-state index in [0.29, 0.717) is 18.3 Å². The summed E-state index contributed by atoms with van der Waals surface area (Å²) in [4.78, 5) is 4.49. The van der Waals surface area contributed by atoms with E-state index in [-0.39, 0.29) is 5.41 Å². The quantitative estimate of drug-likeness (QED) is 0.947. The van der Waals surface area contributed by atoms with E-state index < -0.39 is 0 Å². The smallest absolute Gasteiger partial charge is 0.234 e. The van der Waals surface area contributed by atoms with Gasteiger partial charge in [-0.25, -0.2) is 0 Å². The van der Waals surface area contributed by atoms with E-state index in [1.807, 2.05) is 25.1 Å². The molecule has 3 rings (SSSR count). The molecule has 1 heterocycles. The van der Waals surface area contributed by atoms with Crippen LogP contribution in [0.25, 0.3) is 11.4 Å². The van der Waals surface area contributed by atoms with E-state index in [0.717, 1.165) is 22.9 Å². The van der Waals surface area contributed by atoms with Crippen LogP contribution in [0.3, 0.4) is 0 Å². The summed E-state index contributed by atoms with van der Waals surface area (Å²) in [7, 11) is 0. The normalized spacial score (nSPS) is 16.8. The minimum atomic E-state index is -0.0532. The van der Waals surface area contributed by atoms with Crippen LogP contribution in [0.2, 0.25) is 0 Å². The molecule has 94 valence electrons. The summed E-state index contributed by atoms with van der Waals surface area (Å²) in [6.07, 6.45) is 2.08. The van der Waals surface area contributed by atoms with Gasteiger partial charge in [0.05, 0.1) is 5.41 Å². The maximum absolute atomic E-state index is 5.76. The number of nitrogens with zero attached hydrogens (tertiary/aromatic N) is 2. The number of benzene rings is 1. The van der Waals surface area contributed by atoms with Crippen molar-refractivity contribution in [3.8, 4) is 11.4 Å². The summed E-state index contributed by atoms with van der Waals surface area (Å²) >= 11 is 3.53. The summed E-state index contributed by atoms with van der Waals surface area (Å²) in [5, 5.41) is 4.06. The summed E-state index contributed by atoms with van der Waals surface area (Å²) in [5.74, 6) is 1.30. The van der Waals surface area contributed by atoms with E-state index in [1.54, 1.807) is 0 Å². The first-order valence-electron chi connectivity index (χ1n) is 5.95. The number of aryl methyl sites for hydroxylation is 1. The summed E-state index contributed by atoms with van der Waals surface area (Å²) in [5.41, 5.74) is 7.85. The average molecular weight is 308 g/mol. The second-order valence-electron chi connectivity index (χ2n) is 4.89. The zero-order valence-corrected chi connectivity index (χ0v) is 11.7. The third-order valence-electron chi connectivity index (χ3n) is 3.49.